The minimum Gasteiger partial charge on any atom is -0.481 e. The molecule has 5 nitrogen and oxygen atoms in total. The number of rotatable bonds is 4. The molecule has 1 saturated heterocycles. The lowest BCUT2D eigenvalue weighted by molar-refractivity contribution is -0.143. The van der Waals surface area contributed by atoms with Crippen molar-refractivity contribution < 1.29 is 23.8 Å². The van der Waals surface area contributed by atoms with Crippen molar-refractivity contribution >= 4 is 12.1 Å². The Morgan fingerprint density at radius 2 is 1.45 bits per heavy atom. The third-order valence-corrected chi connectivity index (χ3v) is 6.74. The first-order valence-electron chi connectivity index (χ1n) is 11.1. The highest BCUT2D eigenvalue weighted by Gasteiger charge is 2.37. The van der Waals surface area contributed by atoms with Crippen molar-refractivity contribution in [3.8, 4) is 11.1 Å². The Labute approximate surface area is 191 Å². The number of carboxylic acids is 1. The van der Waals surface area contributed by atoms with Gasteiger partial charge in [0.25, 0.3) is 0 Å². The van der Waals surface area contributed by atoms with Crippen molar-refractivity contribution in [1.29, 1.82) is 0 Å². The quantitative estimate of drug-likeness (QED) is 0.595. The Morgan fingerprint density at radius 1 is 0.879 bits per heavy atom. The second-order valence-electron chi connectivity index (χ2n) is 8.70. The van der Waals surface area contributed by atoms with E-state index in [9.17, 15) is 19.1 Å². The lowest BCUT2D eigenvalue weighted by Gasteiger charge is -2.36. The average molecular weight is 445 g/mol. The van der Waals surface area contributed by atoms with Crippen LogP contribution in [-0.4, -0.2) is 41.8 Å². The monoisotopic (exact) mass is 445 g/mol. The summed E-state index contributed by atoms with van der Waals surface area (Å²) in [6.07, 6.45) is -0.284. The first kappa shape index (κ1) is 21.2. The topological polar surface area (TPSA) is 66.8 Å². The molecule has 168 valence electrons. The Balaban J connectivity index is 1.34. The number of carboxylic acid groups (broad SMARTS) is 1. The summed E-state index contributed by atoms with van der Waals surface area (Å²) in [4.78, 5) is 26.2. The number of halogens is 1. The van der Waals surface area contributed by atoms with Crippen molar-refractivity contribution in [3.63, 3.8) is 0 Å². The predicted octanol–water partition coefficient (Wildman–Crippen LogP) is 5.26. The Kier molecular flexibility index (Phi) is 5.58. The molecule has 0 bridgehead atoms. The van der Waals surface area contributed by atoms with Gasteiger partial charge in [0.1, 0.15) is 12.4 Å². The molecule has 33 heavy (non-hydrogen) atoms. The number of carbonyl (C=O) groups is 2. The summed E-state index contributed by atoms with van der Waals surface area (Å²) in [5.41, 5.74) is 4.92. The standard InChI is InChI=1S/C27H24FNO4/c28-25-12-6-5-7-19(25)17-13-18(26(30)31)15-29(14-17)27(32)33-16-24-22-10-3-1-8-20(22)21-9-2-4-11-23(21)24/h1-12,17-18,24H,13-16H2,(H,30,31). The fourth-order valence-electron chi connectivity index (χ4n) is 5.14. The molecular weight excluding hydrogens is 421 g/mol. The molecule has 0 aromatic heterocycles. The number of carbonyl (C=O) groups excluding carboxylic acids is 1. The maximum Gasteiger partial charge on any atom is 0.409 e. The van der Waals surface area contributed by atoms with Gasteiger partial charge < -0.3 is 14.7 Å². The highest BCUT2D eigenvalue weighted by atomic mass is 19.1. The van der Waals surface area contributed by atoms with Crippen molar-refractivity contribution in [2.24, 2.45) is 5.92 Å². The lowest BCUT2D eigenvalue weighted by Crippen LogP contribution is -2.46. The zero-order chi connectivity index (χ0) is 22.9. The van der Waals surface area contributed by atoms with Crippen LogP contribution < -0.4 is 0 Å². The third kappa shape index (κ3) is 3.97. The normalized spacial score (nSPS) is 19.6. The number of benzene rings is 3. The minimum absolute atomic E-state index is 0.0525. The zero-order valence-corrected chi connectivity index (χ0v) is 18.0. The van der Waals surface area contributed by atoms with Gasteiger partial charge >= 0.3 is 12.1 Å². The highest BCUT2D eigenvalue weighted by molar-refractivity contribution is 5.79. The van der Waals surface area contributed by atoms with Crippen LogP contribution in [0.2, 0.25) is 0 Å². The van der Waals surface area contributed by atoms with E-state index in [-0.39, 0.29) is 37.9 Å². The molecule has 1 heterocycles. The SMILES string of the molecule is O=C(O)C1CC(c2ccccc2F)CN(C(=O)OCC2c3ccccc3-c3ccccc32)C1. The van der Waals surface area contributed by atoms with Crippen LogP contribution in [0.15, 0.2) is 72.8 Å². The van der Waals surface area contributed by atoms with Gasteiger partial charge in [-0.05, 0) is 40.3 Å². The number of ether oxygens (including phenoxy) is 1. The lowest BCUT2D eigenvalue weighted by atomic mass is 9.84. The summed E-state index contributed by atoms with van der Waals surface area (Å²) in [7, 11) is 0. The second kappa shape index (κ2) is 8.70. The van der Waals surface area contributed by atoms with E-state index in [1.807, 2.05) is 36.4 Å². The van der Waals surface area contributed by atoms with E-state index in [0.29, 0.717) is 5.56 Å². The number of amides is 1. The number of aliphatic carboxylic acids is 1. The van der Waals surface area contributed by atoms with Crippen LogP contribution in [0.25, 0.3) is 11.1 Å². The van der Waals surface area contributed by atoms with Gasteiger partial charge in [-0.25, -0.2) is 9.18 Å². The molecule has 3 aromatic carbocycles. The molecule has 6 heteroatoms. The van der Waals surface area contributed by atoms with Crippen LogP contribution in [-0.2, 0) is 9.53 Å². The van der Waals surface area contributed by atoms with Crippen molar-refractivity contribution in [3.05, 3.63) is 95.3 Å². The molecule has 1 N–H and O–H groups in total. The molecule has 1 aliphatic heterocycles. The van der Waals surface area contributed by atoms with Crippen LogP contribution in [0, 0.1) is 11.7 Å². The van der Waals surface area contributed by atoms with Crippen molar-refractivity contribution in [2.45, 2.75) is 18.3 Å². The molecule has 0 spiro atoms. The largest absolute Gasteiger partial charge is 0.481 e. The number of nitrogens with zero attached hydrogens (tertiary/aromatic N) is 1. The summed E-state index contributed by atoms with van der Waals surface area (Å²) in [5.74, 6) is -2.64. The molecule has 1 amide bonds. The fraction of sp³-hybridized carbons (Fsp3) is 0.259. The van der Waals surface area contributed by atoms with E-state index in [1.54, 1.807) is 18.2 Å². The van der Waals surface area contributed by atoms with Gasteiger partial charge in [-0.1, -0.05) is 66.7 Å². The summed E-state index contributed by atoms with van der Waals surface area (Å²) >= 11 is 0. The van der Waals surface area contributed by atoms with Crippen LogP contribution in [0.4, 0.5) is 9.18 Å². The number of likely N-dealkylation sites (tertiary alicyclic amines) is 1. The maximum absolute atomic E-state index is 14.4. The Morgan fingerprint density at radius 3 is 2.06 bits per heavy atom. The molecule has 2 unspecified atom stereocenters. The molecule has 2 atom stereocenters. The predicted molar refractivity (Wildman–Crippen MR) is 122 cm³/mol. The number of hydrogen-bond donors (Lipinski definition) is 1. The summed E-state index contributed by atoms with van der Waals surface area (Å²) in [6, 6.07) is 22.5. The Bertz CT molecular complexity index is 1160. The van der Waals surface area contributed by atoms with Gasteiger partial charge in [0.15, 0.2) is 0 Å². The Hall–Kier alpha value is -3.67. The summed E-state index contributed by atoms with van der Waals surface area (Å²) in [5, 5.41) is 9.62. The van der Waals surface area contributed by atoms with Crippen LogP contribution in [0.5, 0.6) is 0 Å². The summed E-state index contributed by atoms with van der Waals surface area (Å²) < 4.78 is 20.1. The number of fused-ring (bicyclic) bond motifs is 3. The van der Waals surface area contributed by atoms with Crippen molar-refractivity contribution in [2.75, 3.05) is 19.7 Å². The van der Waals surface area contributed by atoms with Gasteiger partial charge in [0, 0.05) is 24.9 Å². The molecular formula is C27H24FNO4. The first-order valence-corrected chi connectivity index (χ1v) is 11.1. The molecule has 5 rings (SSSR count). The van der Waals surface area contributed by atoms with E-state index in [1.165, 1.54) is 11.0 Å². The van der Waals surface area contributed by atoms with E-state index in [0.717, 1.165) is 22.3 Å². The highest BCUT2D eigenvalue weighted by Crippen LogP contribution is 2.44. The minimum atomic E-state index is -0.993. The van der Waals surface area contributed by atoms with Gasteiger partial charge in [-0.3, -0.25) is 4.79 Å². The zero-order valence-electron chi connectivity index (χ0n) is 18.0. The van der Waals surface area contributed by atoms with Crippen LogP contribution in [0.3, 0.4) is 0 Å². The number of hydrogen-bond acceptors (Lipinski definition) is 3. The molecule has 1 fully saturated rings. The van der Waals surface area contributed by atoms with Crippen LogP contribution in [0.1, 0.15) is 34.9 Å². The van der Waals surface area contributed by atoms with E-state index < -0.39 is 23.9 Å². The average Bonchev–Trinajstić information content (AvgIpc) is 3.16. The fourth-order valence-corrected chi connectivity index (χ4v) is 5.14. The smallest absolute Gasteiger partial charge is 0.409 e. The van der Waals surface area contributed by atoms with Gasteiger partial charge in [0.2, 0.25) is 0 Å². The van der Waals surface area contributed by atoms with Gasteiger partial charge in [-0.15, -0.1) is 0 Å². The third-order valence-electron chi connectivity index (χ3n) is 6.74. The molecule has 3 aromatic rings. The molecule has 0 saturated carbocycles. The second-order valence-corrected chi connectivity index (χ2v) is 8.70. The van der Waals surface area contributed by atoms with Crippen LogP contribution >= 0.6 is 0 Å². The van der Waals surface area contributed by atoms with Gasteiger partial charge in [-0.2, -0.15) is 0 Å². The van der Waals surface area contributed by atoms with Crippen molar-refractivity contribution in [1.82, 2.24) is 4.90 Å². The van der Waals surface area contributed by atoms with E-state index >= 15 is 0 Å². The first-order chi connectivity index (χ1) is 16.0. The maximum atomic E-state index is 14.4. The molecule has 0 radical (unpaired) electrons. The molecule has 1 aliphatic carbocycles. The molecule has 2 aliphatic rings. The van der Waals surface area contributed by atoms with Gasteiger partial charge in [0.05, 0.1) is 5.92 Å². The van der Waals surface area contributed by atoms with E-state index in [4.69, 9.17) is 4.74 Å². The van der Waals surface area contributed by atoms with E-state index in [2.05, 4.69) is 12.1 Å². The number of piperidine rings is 1. The summed E-state index contributed by atoms with van der Waals surface area (Å²) in [6.45, 7) is 0.434.